The van der Waals surface area contributed by atoms with Gasteiger partial charge in [-0.15, -0.1) is 0 Å². The smallest absolute Gasteiger partial charge is 0.407 e. The molecule has 2 aromatic rings. The Morgan fingerprint density at radius 3 is 2.15 bits per heavy atom. The van der Waals surface area contributed by atoms with Gasteiger partial charge in [-0.1, -0.05) is 48.5 Å². The van der Waals surface area contributed by atoms with Crippen molar-refractivity contribution in [3.05, 3.63) is 59.7 Å². The van der Waals surface area contributed by atoms with E-state index in [9.17, 15) is 24.6 Å². The van der Waals surface area contributed by atoms with Crippen LogP contribution in [0.2, 0.25) is 0 Å². The maximum atomic E-state index is 12.6. The number of alkyl carbamates (subject to hydrolysis) is 1. The minimum atomic E-state index is -1.88. The van der Waals surface area contributed by atoms with E-state index < -0.39 is 36.2 Å². The zero-order chi connectivity index (χ0) is 24.0. The van der Waals surface area contributed by atoms with Crippen LogP contribution in [0.5, 0.6) is 0 Å². The van der Waals surface area contributed by atoms with E-state index in [1.54, 1.807) is 0 Å². The molecule has 176 valence electrons. The van der Waals surface area contributed by atoms with E-state index in [0.29, 0.717) is 0 Å². The minimum absolute atomic E-state index is 0.0714. The summed E-state index contributed by atoms with van der Waals surface area (Å²) in [5.41, 5.74) is 2.42. The highest BCUT2D eigenvalue weighted by molar-refractivity contribution is 5.91. The van der Waals surface area contributed by atoms with E-state index >= 15 is 0 Å². The summed E-state index contributed by atoms with van der Waals surface area (Å²) >= 11 is 0. The Balaban J connectivity index is 1.67. The number of carbonyl (C=O) groups is 3. The van der Waals surface area contributed by atoms with Gasteiger partial charge in [-0.3, -0.25) is 4.79 Å². The van der Waals surface area contributed by atoms with E-state index in [1.165, 1.54) is 14.0 Å². The molecule has 4 N–H and O–H groups in total. The van der Waals surface area contributed by atoms with Crippen LogP contribution < -0.4 is 10.6 Å². The number of hydrogen-bond acceptors (Lipinski definition) is 6. The predicted octanol–water partition coefficient (Wildman–Crippen LogP) is 1.88. The number of nitrogens with one attached hydrogen (secondary N) is 2. The molecule has 2 unspecified atom stereocenters. The standard InChI is InChI=1S/C24H28N2O7/c1-24(14-27,22(29)30)26-21(28)20(11-12-32-2)25-23(31)33-13-19-17-9-5-3-7-15(17)16-8-4-6-10-18(16)19/h3-10,19-20,27H,11-14H2,1-2H3,(H,25,31)(H,26,28)(H,29,30). The fourth-order valence-corrected chi connectivity index (χ4v) is 3.81. The molecule has 0 aliphatic heterocycles. The largest absolute Gasteiger partial charge is 0.479 e. The molecule has 3 rings (SSSR count). The van der Waals surface area contributed by atoms with Gasteiger partial charge in [0.25, 0.3) is 0 Å². The molecule has 2 amide bonds. The molecule has 0 fully saturated rings. The number of aliphatic hydroxyl groups excluding tert-OH is 1. The topological polar surface area (TPSA) is 134 Å². The molecule has 0 spiro atoms. The van der Waals surface area contributed by atoms with E-state index in [4.69, 9.17) is 9.47 Å². The maximum absolute atomic E-state index is 12.6. The van der Waals surface area contributed by atoms with Crippen LogP contribution in [-0.4, -0.2) is 66.7 Å². The molecular weight excluding hydrogens is 428 g/mol. The summed E-state index contributed by atoms with van der Waals surface area (Å²) < 4.78 is 10.5. The zero-order valence-electron chi connectivity index (χ0n) is 18.5. The molecule has 1 aliphatic rings. The second-order valence-corrected chi connectivity index (χ2v) is 8.09. The van der Waals surface area contributed by atoms with Gasteiger partial charge in [0.2, 0.25) is 5.91 Å². The van der Waals surface area contributed by atoms with Gasteiger partial charge in [0.15, 0.2) is 5.54 Å². The van der Waals surface area contributed by atoms with Crippen molar-refractivity contribution in [1.29, 1.82) is 0 Å². The van der Waals surface area contributed by atoms with E-state index in [0.717, 1.165) is 22.3 Å². The van der Waals surface area contributed by atoms with Gasteiger partial charge in [-0.2, -0.15) is 0 Å². The van der Waals surface area contributed by atoms with Crippen molar-refractivity contribution in [2.45, 2.75) is 30.8 Å². The van der Waals surface area contributed by atoms with Crippen molar-refractivity contribution in [3.63, 3.8) is 0 Å². The number of benzene rings is 2. The lowest BCUT2D eigenvalue weighted by Gasteiger charge is -2.27. The lowest BCUT2D eigenvalue weighted by molar-refractivity contribution is -0.149. The average molecular weight is 456 g/mol. The molecule has 0 radical (unpaired) electrons. The first-order valence-corrected chi connectivity index (χ1v) is 10.6. The molecule has 0 saturated carbocycles. The molecular formula is C24H28N2O7. The number of methoxy groups -OCH3 is 1. The van der Waals surface area contributed by atoms with E-state index in [-0.39, 0.29) is 25.6 Å². The second kappa shape index (κ2) is 10.5. The lowest BCUT2D eigenvalue weighted by atomic mass is 9.98. The van der Waals surface area contributed by atoms with Gasteiger partial charge in [-0.05, 0) is 29.2 Å². The van der Waals surface area contributed by atoms with Gasteiger partial charge < -0.3 is 30.3 Å². The van der Waals surface area contributed by atoms with Crippen LogP contribution in [0.25, 0.3) is 11.1 Å². The molecule has 0 heterocycles. The third kappa shape index (κ3) is 5.32. The Labute approximate surface area is 191 Å². The van der Waals surface area contributed by atoms with Gasteiger partial charge in [0, 0.05) is 26.1 Å². The number of aliphatic carboxylic acids is 1. The third-order valence-electron chi connectivity index (χ3n) is 5.75. The van der Waals surface area contributed by atoms with Crippen LogP contribution in [0, 0.1) is 0 Å². The first kappa shape index (κ1) is 24.2. The van der Waals surface area contributed by atoms with Crippen molar-refractivity contribution in [2.24, 2.45) is 0 Å². The number of rotatable bonds is 10. The van der Waals surface area contributed by atoms with Gasteiger partial charge in [0.05, 0.1) is 6.61 Å². The number of amides is 2. The molecule has 33 heavy (non-hydrogen) atoms. The Morgan fingerprint density at radius 2 is 1.64 bits per heavy atom. The Hall–Kier alpha value is -3.43. The number of carbonyl (C=O) groups excluding carboxylic acids is 2. The van der Waals surface area contributed by atoms with Crippen molar-refractivity contribution < 1.29 is 34.1 Å². The van der Waals surface area contributed by atoms with Crippen LogP contribution in [0.4, 0.5) is 4.79 Å². The maximum Gasteiger partial charge on any atom is 0.407 e. The Bertz CT molecular complexity index is 980. The molecule has 2 atom stereocenters. The van der Waals surface area contributed by atoms with Crippen molar-refractivity contribution in [3.8, 4) is 11.1 Å². The molecule has 0 saturated heterocycles. The lowest BCUT2D eigenvalue weighted by Crippen LogP contribution is -2.59. The summed E-state index contributed by atoms with van der Waals surface area (Å²) in [5, 5.41) is 23.4. The highest BCUT2D eigenvalue weighted by Crippen LogP contribution is 2.44. The minimum Gasteiger partial charge on any atom is -0.479 e. The van der Waals surface area contributed by atoms with Crippen LogP contribution in [0.3, 0.4) is 0 Å². The summed E-state index contributed by atoms with van der Waals surface area (Å²) in [6, 6.07) is 14.7. The van der Waals surface area contributed by atoms with Crippen LogP contribution in [0.15, 0.2) is 48.5 Å². The summed E-state index contributed by atoms with van der Waals surface area (Å²) in [6.07, 6.45) is -0.720. The monoisotopic (exact) mass is 456 g/mol. The van der Waals surface area contributed by atoms with Crippen molar-refractivity contribution in [2.75, 3.05) is 26.9 Å². The average Bonchev–Trinajstić information content (AvgIpc) is 3.13. The normalized spacial score (nSPS) is 15.0. The number of aliphatic hydroxyl groups is 1. The number of carboxylic acids is 1. The fourth-order valence-electron chi connectivity index (χ4n) is 3.81. The van der Waals surface area contributed by atoms with Crippen LogP contribution in [-0.2, 0) is 19.1 Å². The van der Waals surface area contributed by atoms with Gasteiger partial charge in [0.1, 0.15) is 12.6 Å². The predicted molar refractivity (Wildman–Crippen MR) is 120 cm³/mol. The number of carboxylic acid groups (broad SMARTS) is 1. The van der Waals surface area contributed by atoms with E-state index in [1.807, 2.05) is 48.5 Å². The zero-order valence-corrected chi connectivity index (χ0v) is 18.5. The summed E-state index contributed by atoms with van der Waals surface area (Å²) in [6.45, 7) is 0.580. The highest BCUT2D eigenvalue weighted by Gasteiger charge is 2.37. The van der Waals surface area contributed by atoms with Crippen molar-refractivity contribution in [1.82, 2.24) is 10.6 Å². The number of ether oxygens (including phenoxy) is 2. The molecule has 1 aliphatic carbocycles. The fraction of sp³-hybridized carbons (Fsp3) is 0.375. The molecule has 2 aromatic carbocycles. The molecule has 9 nitrogen and oxygen atoms in total. The number of fused-ring (bicyclic) bond motifs is 3. The Kier molecular flexibility index (Phi) is 7.67. The Morgan fingerprint density at radius 1 is 1.06 bits per heavy atom. The summed E-state index contributed by atoms with van der Waals surface area (Å²) in [7, 11) is 1.44. The SMILES string of the molecule is COCCC(NC(=O)OCC1c2ccccc2-c2ccccc21)C(=O)NC(C)(CO)C(=O)O. The van der Waals surface area contributed by atoms with E-state index in [2.05, 4.69) is 10.6 Å². The first-order valence-electron chi connectivity index (χ1n) is 10.6. The van der Waals surface area contributed by atoms with Crippen molar-refractivity contribution >= 4 is 18.0 Å². The molecule has 0 bridgehead atoms. The molecule has 9 heteroatoms. The third-order valence-corrected chi connectivity index (χ3v) is 5.75. The number of hydrogen-bond donors (Lipinski definition) is 4. The highest BCUT2D eigenvalue weighted by atomic mass is 16.5. The quantitative estimate of drug-likeness (QED) is 0.429. The van der Waals surface area contributed by atoms with Gasteiger partial charge >= 0.3 is 12.1 Å². The first-order chi connectivity index (χ1) is 15.8. The van der Waals surface area contributed by atoms with Crippen LogP contribution in [0.1, 0.15) is 30.4 Å². The van der Waals surface area contributed by atoms with Gasteiger partial charge in [-0.25, -0.2) is 9.59 Å². The molecule has 0 aromatic heterocycles. The van der Waals surface area contributed by atoms with Crippen LogP contribution >= 0.6 is 0 Å². The summed E-state index contributed by atoms with van der Waals surface area (Å²) in [5.74, 6) is -2.30. The second-order valence-electron chi connectivity index (χ2n) is 8.09. The summed E-state index contributed by atoms with van der Waals surface area (Å²) in [4.78, 5) is 36.6.